The second kappa shape index (κ2) is 6.13. The average Bonchev–Trinajstić information content (AvgIpc) is 2.84. The van der Waals surface area contributed by atoms with Gasteiger partial charge in [-0.05, 0) is 36.4 Å². The predicted octanol–water partition coefficient (Wildman–Crippen LogP) is 2.71. The summed E-state index contributed by atoms with van der Waals surface area (Å²) in [5.74, 6) is -1.23. The molecule has 120 valence electrons. The Kier molecular flexibility index (Phi) is 4.01. The molecule has 24 heavy (non-hydrogen) atoms. The molecule has 0 bridgehead atoms. The molecular weight excluding hydrogens is 334 g/mol. The van der Waals surface area contributed by atoms with Crippen molar-refractivity contribution in [2.45, 2.75) is 0 Å². The van der Waals surface area contributed by atoms with Crippen LogP contribution in [-0.2, 0) is 9.59 Å². The van der Waals surface area contributed by atoms with E-state index in [0.29, 0.717) is 10.7 Å². The summed E-state index contributed by atoms with van der Waals surface area (Å²) in [5, 5.41) is 12.6. The number of halogens is 1. The van der Waals surface area contributed by atoms with Gasteiger partial charge in [0.05, 0.1) is 16.2 Å². The van der Waals surface area contributed by atoms with Gasteiger partial charge in [0.1, 0.15) is 5.57 Å². The summed E-state index contributed by atoms with van der Waals surface area (Å²) >= 11 is 5.80. The van der Waals surface area contributed by atoms with Gasteiger partial charge in [0.25, 0.3) is 17.5 Å². The smallest absolute Gasteiger partial charge is 0.267 e. The molecule has 2 aromatic rings. The number of rotatable bonds is 3. The number of nitrogens with one attached hydrogen (secondary N) is 1. The summed E-state index contributed by atoms with van der Waals surface area (Å²) in [5.41, 5.74) is 2.67. The van der Waals surface area contributed by atoms with Gasteiger partial charge < -0.3 is 0 Å². The largest absolute Gasteiger partial charge is 0.282 e. The second-order valence-electron chi connectivity index (χ2n) is 4.93. The normalized spacial score (nSPS) is 15.7. The van der Waals surface area contributed by atoms with Crippen molar-refractivity contribution in [1.29, 1.82) is 0 Å². The Morgan fingerprint density at radius 2 is 1.75 bits per heavy atom. The first kappa shape index (κ1) is 15.7. The summed E-state index contributed by atoms with van der Waals surface area (Å²) < 4.78 is 0. The average molecular weight is 344 g/mol. The van der Waals surface area contributed by atoms with Gasteiger partial charge in [-0.3, -0.25) is 25.1 Å². The van der Waals surface area contributed by atoms with Crippen LogP contribution in [0.2, 0.25) is 5.02 Å². The van der Waals surface area contributed by atoms with E-state index >= 15 is 0 Å². The maximum absolute atomic E-state index is 12.5. The van der Waals surface area contributed by atoms with E-state index in [2.05, 4.69) is 5.43 Å². The van der Waals surface area contributed by atoms with Crippen LogP contribution in [0.1, 0.15) is 5.56 Å². The Balaban J connectivity index is 1.98. The molecule has 1 aliphatic rings. The predicted molar refractivity (Wildman–Crippen MR) is 88.2 cm³/mol. The third kappa shape index (κ3) is 2.84. The number of nitro groups is 1. The second-order valence-corrected chi connectivity index (χ2v) is 5.37. The SMILES string of the molecule is O=C1NN(c2ccc(Cl)cc2)C(=O)C1=Cc1ccccc1[N+](=O)[O-]. The van der Waals surface area contributed by atoms with Gasteiger partial charge in [-0.25, -0.2) is 5.01 Å². The molecule has 0 aromatic heterocycles. The molecule has 0 atom stereocenters. The highest BCUT2D eigenvalue weighted by Crippen LogP contribution is 2.25. The van der Waals surface area contributed by atoms with Crippen LogP contribution in [0.15, 0.2) is 54.1 Å². The number of amides is 2. The molecule has 0 aliphatic carbocycles. The number of hydrogen-bond donors (Lipinski definition) is 1. The van der Waals surface area contributed by atoms with E-state index in [1.807, 2.05) is 0 Å². The fourth-order valence-electron chi connectivity index (χ4n) is 2.26. The third-order valence-corrected chi connectivity index (χ3v) is 3.66. The van der Waals surface area contributed by atoms with E-state index in [1.165, 1.54) is 24.3 Å². The van der Waals surface area contributed by atoms with Crippen LogP contribution in [0.3, 0.4) is 0 Å². The maximum atomic E-state index is 12.5. The highest BCUT2D eigenvalue weighted by atomic mass is 35.5. The zero-order valence-corrected chi connectivity index (χ0v) is 12.9. The van der Waals surface area contributed by atoms with Crippen LogP contribution in [0.5, 0.6) is 0 Å². The lowest BCUT2D eigenvalue weighted by Crippen LogP contribution is -2.35. The first-order valence-corrected chi connectivity index (χ1v) is 7.21. The lowest BCUT2D eigenvalue weighted by Gasteiger charge is -2.14. The van der Waals surface area contributed by atoms with Gasteiger partial charge in [0.15, 0.2) is 0 Å². The van der Waals surface area contributed by atoms with Gasteiger partial charge in [-0.2, -0.15) is 0 Å². The van der Waals surface area contributed by atoms with Crippen LogP contribution < -0.4 is 10.4 Å². The zero-order chi connectivity index (χ0) is 17.3. The molecular formula is C16H10ClN3O4. The molecule has 1 heterocycles. The minimum atomic E-state index is -0.631. The highest BCUT2D eigenvalue weighted by Gasteiger charge is 2.34. The maximum Gasteiger partial charge on any atom is 0.282 e. The molecule has 0 radical (unpaired) electrons. The molecule has 1 saturated heterocycles. The van der Waals surface area contributed by atoms with Crippen LogP contribution in [0, 0.1) is 10.1 Å². The van der Waals surface area contributed by atoms with Gasteiger partial charge in [-0.15, -0.1) is 0 Å². The quantitative estimate of drug-likeness (QED) is 0.401. The lowest BCUT2D eigenvalue weighted by atomic mass is 10.1. The Labute approximate surface area is 141 Å². The minimum Gasteiger partial charge on any atom is -0.267 e. The first-order valence-electron chi connectivity index (χ1n) is 6.83. The Morgan fingerprint density at radius 3 is 2.42 bits per heavy atom. The van der Waals surface area contributed by atoms with E-state index in [0.717, 1.165) is 5.01 Å². The van der Waals surface area contributed by atoms with Crippen molar-refractivity contribution in [2.75, 3.05) is 5.01 Å². The van der Waals surface area contributed by atoms with E-state index in [1.54, 1.807) is 30.3 Å². The van der Waals surface area contributed by atoms with Crippen molar-refractivity contribution in [3.63, 3.8) is 0 Å². The van der Waals surface area contributed by atoms with Crippen LogP contribution >= 0.6 is 11.6 Å². The number of carbonyl (C=O) groups excluding carboxylic acids is 2. The van der Waals surface area contributed by atoms with Crippen molar-refractivity contribution >= 4 is 40.9 Å². The number of carbonyl (C=O) groups is 2. The molecule has 8 heteroatoms. The number of hydrogen-bond acceptors (Lipinski definition) is 4. The van der Waals surface area contributed by atoms with E-state index in [-0.39, 0.29) is 16.8 Å². The van der Waals surface area contributed by atoms with Crippen molar-refractivity contribution in [1.82, 2.24) is 5.43 Å². The summed E-state index contributed by atoms with van der Waals surface area (Å²) in [7, 11) is 0. The fourth-order valence-corrected chi connectivity index (χ4v) is 2.39. The fraction of sp³-hybridized carbons (Fsp3) is 0. The summed E-state index contributed by atoms with van der Waals surface area (Å²) in [4.78, 5) is 35.0. The molecule has 1 aliphatic heterocycles. The van der Waals surface area contributed by atoms with Crippen LogP contribution in [0.4, 0.5) is 11.4 Å². The van der Waals surface area contributed by atoms with Crippen molar-refractivity contribution in [3.8, 4) is 0 Å². The first-order chi connectivity index (χ1) is 11.5. The number of nitro benzene ring substituents is 1. The third-order valence-electron chi connectivity index (χ3n) is 3.41. The summed E-state index contributed by atoms with van der Waals surface area (Å²) in [6.45, 7) is 0. The number of benzene rings is 2. The molecule has 2 aromatic carbocycles. The molecule has 0 spiro atoms. The number of nitrogens with zero attached hydrogens (tertiary/aromatic N) is 2. The molecule has 0 saturated carbocycles. The Hall–Kier alpha value is -3.19. The standard InChI is InChI=1S/C16H10ClN3O4/c17-11-5-7-12(8-6-11)19-16(22)13(15(21)18-19)9-10-3-1-2-4-14(10)20(23)24/h1-9H,(H,18,21). The molecule has 2 amide bonds. The number of anilines is 1. The Morgan fingerprint density at radius 1 is 1.08 bits per heavy atom. The lowest BCUT2D eigenvalue weighted by molar-refractivity contribution is -0.385. The molecule has 1 N–H and O–H groups in total. The Bertz CT molecular complexity index is 877. The summed E-state index contributed by atoms with van der Waals surface area (Å²) in [6, 6.07) is 12.2. The monoisotopic (exact) mass is 343 g/mol. The zero-order valence-electron chi connectivity index (χ0n) is 12.1. The number of hydrazine groups is 1. The molecule has 1 fully saturated rings. The molecule has 0 unspecified atom stereocenters. The van der Waals surface area contributed by atoms with E-state index in [9.17, 15) is 19.7 Å². The molecule has 7 nitrogen and oxygen atoms in total. The van der Waals surface area contributed by atoms with Crippen LogP contribution in [0.25, 0.3) is 6.08 Å². The highest BCUT2D eigenvalue weighted by molar-refractivity contribution is 6.32. The number of para-hydroxylation sites is 1. The van der Waals surface area contributed by atoms with E-state index in [4.69, 9.17) is 11.6 Å². The van der Waals surface area contributed by atoms with Crippen molar-refractivity contribution in [3.05, 3.63) is 74.8 Å². The van der Waals surface area contributed by atoms with Gasteiger partial charge >= 0.3 is 0 Å². The van der Waals surface area contributed by atoms with Gasteiger partial charge in [-0.1, -0.05) is 23.7 Å². The van der Waals surface area contributed by atoms with E-state index < -0.39 is 16.7 Å². The van der Waals surface area contributed by atoms with Gasteiger partial charge in [0.2, 0.25) is 0 Å². The molecule has 3 rings (SSSR count). The van der Waals surface area contributed by atoms with Crippen molar-refractivity contribution in [2.24, 2.45) is 0 Å². The minimum absolute atomic E-state index is 0.180. The summed E-state index contributed by atoms with van der Waals surface area (Å²) in [6.07, 6.45) is 1.21. The topological polar surface area (TPSA) is 92.6 Å². The van der Waals surface area contributed by atoms with Crippen LogP contribution in [-0.4, -0.2) is 16.7 Å². The van der Waals surface area contributed by atoms with Crippen molar-refractivity contribution < 1.29 is 14.5 Å². The van der Waals surface area contributed by atoms with Gasteiger partial charge in [0, 0.05) is 11.1 Å².